The molecule has 2 aromatic carbocycles. The van der Waals surface area contributed by atoms with Gasteiger partial charge >= 0.3 is 0 Å². The number of hydrogen-bond donors (Lipinski definition) is 1. The van der Waals surface area contributed by atoms with Crippen molar-refractivity contribution in [2.24, 2.45) is 0 Å². The monoisotopic (exact) mass is 335 g/mol. The summed E-state index contributed by atoms with van der Waals surface area (Å²) >= 11 is 3.39. The lowest BCUT2D eigenvalue weighted by Crippen LogP contribution is -2.13. The van der Waals surface area contributed by atoms with E-state index in [2.05, 4.69) is 21.2 Å². The van der Waals surface area contributed by atoms with Gasteiger partial charge in [-0.25, -0.2) is 0 Å². The summed E-state index contributed by atoms with van der Waals surface area (Å²) in [6.07, 6.45) is 0. The highest BCUT2D eigenvalue weighted by Gasteiger charge is 2.14. The number of carbonyl (C=O) groups excluding carboxylic acids is 1. The SMILES string of the molecule is COc1ccc(OC)c(C(=O)Nc2ccccc2Br)c1. The number of halogens is 1. The Morgan fingerprint density at radius 3 is 2.50 bits per heavy atom. The second kappa shape index (κ2) is 6.43. The molecule has 20 heavy (non-hydrogen) atoms. The quantitative estimate of drug-likeness (QED) is 0.926. The Labute approximate surface area is 125 Å². The molecule has 0 heterocycles. The van der Waals surface area contributed by atoms with Crippen LogP contribution in [0.5, 0.6) is 11.5 Å². The molecule has 1 N–H and O–H groups in total. The van der Waals surface area contributed by atoms with E-state index >= 15 is 0 Å². The molecule has 0 saturated carbocycles. The number of benzene rings is 2. The summed E-state index contributed by atoms with van der Waals surface area (Å²) in [6, 6.07) is 12.5. The fraction of sp³-hybridized carbons (Fsp3) is 0.133. The minimum absolute atomic E-state index is 0.257. The molecular formula is C15H14BrNO3. The van der Waals surface area contributed by atoms with Gasteiger partial charge in [0.15, 0.2) is 0 Å². The van der Waals surface area contributed by atoms with Crippen molar-refractivity contribution in [1.29, 1.82) is 0 Å². The van der Waals surface area contributed by atoms with Crippen LogP contribution in [0.3, 0.4) is 0 Å². The molecule has 1 amide bonds. The van der Waals surface area contributed by atoms with Crippen molar-refractivity contribution in [3.8, 4) is 11.5 Å². The largest absolute Gasteiger partial charge is 0.497 e. The van der Waals surface area contributed by atoms with Crippen molar-refractivity contribution < 1.29 is 14.3 Å². The van der Waals surface area contributed by atoms with Gasteiger partial charge in [-0.3, -0.25) is 4.79 Å². The average Bonchev–Trinajstić information content (AvgIpc) is 2.48. The summed E-state index contributed by atoms with van der Waals surface area (Å²) in [7, 11) is 3.08. The molecule has 0 fully saturated rings. The van der Waals surface area contributed by atoms with Crippen molar-refractivity contribution in [3.05, 3.63) is 52.5 Å². The second-order valence-corrected chi connectivity index (χ2v) is 4.85. The van der Waals surface area contributed by atoms with Gasteiger partial charge in [0.2, 0.25) is 0 Å². The van der Waals surface area contributed by atoms with Gasteiger partial charge in [-0.15, -0.1) is 0 Å². The highest BCUT2D eigenvalue weighted by molar-refractivity contribution is 9.10. The number of amides is 1. The maximum absolute atomic E-state index is 12.3. The minimum Gasteiger partial charge on any atom is -0.497 e. The summed E-state index contributed by atoms with van der Waals surface area (Å²) in [5.74, 6) is 0.839. The lowest BCUT2D eigenvalue weighted by molar-refractivity contribution is 0.102. The lowest BCUT2D eigenvalue weighted by Gasteiger charge is -2.11. The van der Waals surface area contributed by atoms with Crippen LogP contribution in [0.25, 0.3) is 0 Å². The van der Waals surface area contributed by atoms with E-state index in [9.17, 15) is 4.79 Å². The van der Waals surface area contributed by atoms with Crippen LogP contribution in [-0.2, 0) is 0 Å². The number of methoxy groups -OCH3 is 2. The molecule has 0 aliphatic heterocycles. The van der Waals surface area contributed by atoms with Gasteiger partial charge in [-0.05, 0) is 46.3 Å². The number of rotatable bonds is 4. The van der Waals surface area contributed by atoms with Gasteiger partial charge in [0, 0.05) is 4.47 Å². The number of anilines is 1. The number of para-hydroxylation sites is 1. The van der Waals surface area contributed by atoms with Crippen LogP contribution >= 0.6 is 15.9 Å². The molecule has 4 nitrogen and oxygen atoms in total. The number of nitrogens with one attached hydrogen (secondary N) is 1. The van der Waals surface area contributed by atoms with Crippen LogP contribution in [0.15, 0.2) is 46.9 Å². The molecule has 0 aliphatic carbocycles. The predicted octanol–water partition coefficient (Wildman–Crippen LogP) is 3.72. The first-order valence-electron chi connectivity index (χ1n) is 5.93. The van der Waals surface area contributed by atoms with E-state index in [1.807, 2.05) is 24.3 Å². The molecule has 104 valence electrons. The van der Waals surface area contributed by atoms with Gasteiger partial charge in [0.25, 0.3) is 5.91 Å². The normalized spacial score (nSPS) is 9.95. The van der Waals surface area contributed by atoms with E-state index in [-0.39, 0.29) is 5.91 Å². The van der Waals surface area contributed by atoms with Crippen molar-refractivity contribution in [2.75, 3.05) is 19.5 Å². The van der Waals surface area contributed by atoms with Crippen molar-refractivity contribution in [1.82, 2.24) is 0 Å². The van der Waals surface area contributed by atoms with E-state index in [0.717, 1.165) is 4.47 Å². The summed E-state index contributed by atoms with van der Waals surface area (Å²) in [5.41, 5.74) is 1.12. The molecule has 5 heteroatoms. The third-order valence-electron chi connectivity index (χ3n) is 2.77. The van der Waals surface area contributed by atoms with Gasteiger partial charge < -0.3 is 14.8 Å². The zero-order valence-electron chi connectivity index (χ0n) is 11.1. The van der Waals surface area contributed by atoms with Gasteiger partial charge in [-0.1, -0.05) is 12.1 Å². The Morgan fingerprint density at radius 2 is 1.85 bits per heavy atom. The molecule has 0 radical (unpaired) electrons. The van der Waals surface area contributed by atoms with E-state index < -0.39 is 0 Å². The third kappa shape index (κ3) is 3.11. The number of carbonyl (C=O) groups is 1. The Bertz CT molecular complexity index is 628. The van der Waals surface area contributed by atoms with Gasteiger partial charge in [0.1, 0.15) is 11.5 Å². The molecule has 0 spiro atoms. The first-order valence-corrected chi connectivity index (χ1v) is 6.73. The van der Waals surface area contributed by atoms with E-state index in [1.165, 1.54) is 7.11 Å². The first-order chi connectivity index (χ1) is 9.65. The molecule has 0 aliphatic rings. The summed E-state index contributed by atoms with van der Waals surface area (Å²) in [6.45, 7) is 0. The maximum atomic E-state index is 12.3. The summed E-state index contributed by atoms with van der Waals surface area (Å²) in [4.78, 5) is 12.3. The highest BCUT2D eigenvalue weighted by atomic mass is 79.9. The highest BCUT2D eigenvalue weighted by Crippen LogP contribution is 2.27. The predicted molar refractivity (Wildman–Crippen MR) is 81.6 cm³/mol. The maximum Gasteiger partial charge on any atom is 0.259 e. The van der Waals surface area contributed by atoms with Gasteiger partial charge in [-0.2, -0.15) is 0 Å². The molecule has 0 bridgehead atoms. The van der Waals surface area contributed by atoms with Gasteiger partial charge in [0.05, 0.1) is 25.5 Å². The standard InChI is InChI=1S/C15H14BrNO3/c1-19-10-7-8-14(20-2)11(9-10)15(18)17-13-6-4-3-5-12(13)16/h3-9H,1-2H3,(H,17,18). The molecule has 0 saturated heterocycles. The molecule has 2 aromatic rings. The van der Waals surface area contributed by atoms with Crippen LogP contribution < -0.4 is 14.8 Å². The zero-order valence-corrected chi connectivity index (χ0v) is 12.7. The Balaban J connectivity index is 2.31. The Morgan fingerprint density at radius 1 is 1.10 bits per heavy atom. The molecule has 0 aromatic heterocycles. The van der Waals surface area contributed by atoms with Crippen molar-refractivity contribution >= 4 is 27.5 Å². The molecule has 0 unspecified atom stereocenters. The molecular weight excluding hydrogens is 322 g/mol. The fourth-order valence-electron chi connectivity index (χ4n) is 1.74. The zero-order chi connectivity index (χ0) is 14.5. The van der Waals surface area contributed by atoms with Crippen LogP contribution in [0.4, 0.5) is 5.69 Å². The van der Waals surface area contributed by atoms with Crippen molar-refractivity contribution in [2.45, 2.75) is 0 Å². The summed E-state index contributed by atoms with van der Waals surface area (Å²) < 4.78 is 11.2. The Kier molecular flexibility index (Phi) is 4.63. The van der Waals surface area contributed by atoms with Crippen LogP contribution in [0.2, 0.25) is 0 Å². The van der Waals surface area contributed by atoms with Crippen LogP contribution in [0.1, 0.15) is 10.4 Å². The van der Waals surface area contributed by atoms with E-state index in [4.69, 9.17) is 9.47 Å². The first kappa shape index (κ1) is 14.4. The lowest BCUT2D eigenvalue weighted by atomic mass is 10.1. The topological polar surface area (TPSA) is 47.6 Å². The Hall–Kier alpha value is -2.01. The van der Waals surface area contributed by atoms with E-state index in [1.54, 1.807) is 25.3 Å². The van der Waals surface area contributed by atoms with Crippen LogP contribution in [-0.4, -0.2) is 20.1 Å². The third-order valence-corrected chi connectivity index (χ3v) is 3.46. The minimum atomic E-state index is -0.257. The number of hydrogen-bond acceptors (Lipinski definition) is 3. The number of ether oxygens (including phenoxy) is 2. The smallest absolute Gasteiger partial charge is 0.259 e. The van der Waals surface area contributed by atoms with Crippen LogP contribution in [0, 0.1) is 0 Å². The van der Waals surface area contributed by atoms with E-state index in [0.29, 0.717) is 22.7 Å². The molecule has 2 rings (SSSR count). The molecule has 0 atom stereocenters. The fourth-order valence-corrected chi connectivity index (χ4v) is 2.13. The summed E-state index contributed by atoms with van der Waals surface area (Å²) in [5, 5.41) is 2.83. The average molecular weight is 336 g/mol. The van der Waals surface area contributed by atoms with Crippen molar-refractivity contribution in [3.63, 3.8) is 0 Å². The second-order valence-electron chi connectivity index (χ2n) is 4.00.